The summed E-state index contributed by atoms with van der Waals surface area (Å²) in [6.45, 7) is 1.77. The van der Waals surface area contributed by atoms with Crippen molar-refractivity contribution in [3.8, 4) is 0 Å². The summed E-state index contributed by atoms with van der Waals surface area (Å²) < 4.78 is 13.4. The Morgan fingerprint density at radius 1 is 1.14 bits per heavy atom. The lowest BCUT2D eigenvalue weighted by atomic mass is 9.79. The van der Waals surface area contributed by atoms with E-state index in [1.807, 2.05) is 6.07 Å². The molecule has 3 heteroatoms. The molecule has 1 fully saturated rings. The van der Waals surface area contributed by atoms with Crippen molar-refractivity contribution < 1.29 is 4.39 Å². The molecular weight excluding hydrogens is 263 g/mol. The fraction of sp³-hybridized carbons (Fsp3) is 0.333. The van der Waals surface area contributed by atoms with Crippen LogP contribution in [-0.4, -0.2) is 0 Å². The van der Waals surface area contributed by atoms with Crippen molar-refractivity contribution in [3.05, 3.63) is 70.5 Å². The van der Waals surface area contributed by atoms with Gasteiger partial charge in [0.25, 0.3) is 0 Å². The van der Waals surface area contributed by atoms with Gasteiger partial charge < -0.3 is 0 Å². The number of rotatable bonds is 4. The number of nitrogens with two attached hydrogens (primary N) is 1. The molecule has 1 aliphatic rings. The van der Waals surface area contributed by atoms with Crippen LogP contribution in [0.2, 0.25) is 0 Å². The Kier molecular flexibility index (Phi) is 4.04. The summed E-state index contributed by atoms with van der Waals surface area (Å²) in [6.07, 6.45) is 3.88. The Labute approximate surface area is 125 Å². The third-order valence-electron chi connectivity index (χ3n) is 4.50. The zero-order chi connectivity index (χ0) is 14.8. The van der Waals surface area contributed by atoms with Crippen LogP contribution in [-0.2, 0) is 0 Å². The summed E-state index contributed by atoms with van der Waals surface area (Å²) in [5.74, 6) is 6.26. The van der Waals surface area contributed by atoms with E-state index in [4.69, 9.17) is 5.84 Å². The highest BCUT2D eigenvalue weighted by atomic mass is 19.1. The van der Waals surface area contributed by atoms with Crippen molar-refractivity contribution >= 4 is 0 Å². The van der Waals surface area contributed by atoms with E-state index < -0.39 is 0 Å². The Balaban J connectivity index is 1.93. The third-order valence-corrected chi connectivity index (χ3v) is 4.50. The Morgan fingerprint density at radius 2 is 1.90 bits per heavy atom. The van der Waals surface area contributed by atoms with Crippen LogP contribution >= 0.6 is 0 Å². The number of hydrazine groups is 1. The van der Waals surface area contributed by atoms with Gasteiger partial charge in [0.15, 0.2) is 0 Å². The summed E-state index contributed by atoms with van der Waals surface area (Å²) >= 11 is 0. The molecule has 2 aromatic carbocycles. The fourth-order valence-corrected chi connectivity index (χ4v) is 2.97. The van der Waals surface area contributed by atoms with Crippen LogP contribution in [0.3, 0.4) is 0 Å². The van der Waals surface area contributed by atoms with Crippen molar-refractivity contribution in [2.75, 3.05) is 0 Å². The van der Waals surface area contributed by atoms with Crippen LogP contribution in [0.1, 0.15) is 53.5 Å². The first-order chi connectivity index (χ1) is 10.2. The minimum Gasteiger partial charge on any atom is -0.271 e. The topological polar surface area (TPSA) is 38.0 Å². The van der Waals surface area contributed by atoms with Gasteiger partial charge in [-0.15, -0.1) is 0 Å². The second kappa shape index (κ2) is 5.96. The number of nitrogens with one attached hydrogen (secondary N) is 1. The maximum absolute atomic E-state index is 13.4. The maximum Gasteiger partial charge on any atom is 0.126 e. The number of hydrogen-bond acceptors (Lipinski definition) is 2. The minimum absolute atomic E-state index is 0.107. The minimum atomic E-state index is -0.183. The van der Waals surface area contributed by atoms with Gasteiger partial charge in [0.1, 0.15) is 5.82 Å². The molecule has 0 saturated heterocycles. The van der Waals surface area contributed by atoms with E-state index in [1.54, 1.807) is 13.0 Å². The van der Waals surface area contributed by atoms with Gasteiger partial charge in [0.05, 0.1) is 6.04 Å². The third kappa shape index (κ3) is 2.85. The van der Waals surface area contributed by atoms with Gasteiger partial charge in [0, 0.05) is 0 Å². The molecule has 2 aromatic rings. The molecule has 0 aliphatic heterocycles. The highest BCUT2D eigenvalue weighted by molar-refractivity contribution is 5.37. The van der Waals surface area contributed by atoms with Crippen LogP contribution in [0.5, 0.6) is 0 Å². The molecule has 0 spiro atoms. The molecule has 0 radical (unpaired) electrons. The van der Waals surface area contributed by atoms with Crippen LogP contribution in [0.4, 0.5) is 4.39 Å². The van der Waals surface area contributed by atoms with Crippen LogP contribution in [0, 0.1) is 12.7 Å². The van der Waals surface area contributed by atoms with Crippen LogP contribution < -0.4 is 11.3 Å². The van der Waals surface area contributed by atoms with Crippen molar-refractivity contribution in [2.24, 2.45) is 5.84 Å². The van der Waals surface area contributed by atoms with E-state index in [-0.39, 0.29) is 11.9 Å². The number of aryl methyl sites for hydroxylation is 1. The van der Waals surface area contributed by atoms with Gasteiger partial charge in [-0.2, -0.15) is 0 Å². The van der Waals surface area contributed by atoms with Gasteiger partial charge in [-0.1, -0.05) is 42.8 Å². The lowest BCUT2D eigenvalue weighted by Gasteiger charge is -2.27. The van der Waals surface area contributed by atoms with Crippen LogP contribution in [0.25, 0.3) is 0 Å². The smallest absolute Gasteiger partial charge is 0.126 e. The van der Waals surface area contributed by atoms with Crippen molar-refractivity contribution in [1.82, 2.24) is 5.43 Å². The zero-order valence-electron chi connectivity index (χ0n) is 12.3. The average molecular weight is 284 g/mol. The summed E-state index contributed by atoms with van der Waals surface area (Å²) in [5, 5.41) is 0. The highest BCUT2D eigenvalue weighted by Crippen LogP contribution is 2.37. The number of benzene rings is 2. The van der Waals surface area contributed by atoms with Crippen molar-refractivity contribution in [2.45, 2.75) is 38.1 Å². The van der Waals surface area contributed by atoms with E-state index in [0.717, 1.165) is 11.1 Å². The van der Waals surface area contributed by atoms with E-state index in [2.05, 4.69) is 29.7 Å². The Hall–Kier alpha value is -1.71. The fourth-order valence-electron chi connectivity index (χ4n) is 2.97. The number of halogens is 1. The molecule has 3 rings (SSSR count). The molecule has 1 aliphatic carbocycles. The number of hydrogen-bond donors (Lipinski definition) is 2. The molecule has 3 N–H and O–H groups in total. The molecule has 0 heterocycles. The average Bonchev–Trinajstić information content (AvgIpc) is 2.42. The lowest BCUT2D eigenvalue weighted by molar-refractivity contribution is 0.419. The summed E-state index contributed by atoms with van der Waals surface area (Å²) in [6, 6.07) is 13.6. The largest absolute Gasteiger partial charge is 0.271 e. The molecule has 0 bridgehead atoms. The van der Waals surface area contributed by atoms with E-state index in [9.17, 15) is 4.39 Å². The molecule has 1 saturated carbocycles. The van der Waals surface area contributed by atoms with Gasteiger partial charge in [-0.25, -0.2) is 9.82 Å². The van der Waals surface area contributed by atoms with Crippen molar-refractivity contribution in [3.63, 3.8) is 0 Å². The quantitative estimate of drug-likeness (QED) is 0.659. The SMILES string of the molecule is Cc1cc(C(NN)c2cccc(C3CCC3)c2)ccc1F. The molecular formula is C18H21FN2. The normalized spacial score (nSPS) is 16.5. The standard InChI is InChI=1S/C18H21FN2/c1-12-10-16(8-9-17(12)19)18(21-20)15-7-3-6-14(11-15)13-4-2-5-13/h3,6-11,13,18,21H,2,4-5,20H2,1H3. The van der Waals surface area contributed by atoms with E-state index in [0.29, 0.717) is 11.5 Å². The first-order valence-electron chi connectivity index (χ1n) is 7.51. The first-order valence-corrected chi connectivity index (χ1v) is 7.51. The predicted molar refractivity (Wildman–Crippen MR) is 83.3 cm³/mol. The molecule has 0 aromatic heterocycles. The molecule has 1 atom stereocenters. The highest BCUT2D eigenvalue weighted by Gasteiger charge is 2.21. The maximum atomic E-state index is 13.4. The second-order valence-corrected chi connectivity index (χ2v) is 5.91. The summed E-state index contributed by atoms with van der Waals surface area (Å²) in [7, 11) is 0. The van der Waals surface area contributed by atoms with Gasteiger partial charge in [0.2, 0.25) is 0 Å². The molecule has 0 amide bonds. The summed E-state index contributed by atoms with van der Waals surface area (Å²) in [4.78, 5) is 0. The molecule has 1 unspecified atom stereocenters. The van der Waals surface area contributed by atoms with Crippen LogP contribution in [0.15, 0.2) is 42.5 Å². The zero-order valence-corrected chi connectivity index (χ0v) is 12.3. The molecule has 21 heavy (non-hydrogen) atoms. The lowest BCUT2D eigenvalue weighted by Crippen LogP contribution is -2.29. The molecule has 2 nitrogen and oxygen atoms in total. The van der Waals surface area contributed by atoms with Gasteiger partial charge >= 0.3 is 0 Å². The van der Waals surface area contributed by atoms with Crippen molar-refractivity contribution in [1.29, 1.82) is 0 Å². The van der Waals surface area contributed by atoms with E-state index in [1.165, 1.54) is 30.9 Å². The van der Waals surface area contributed by atoms with Gasteiger partial charge in [-0.3, -0.25) is 5.84 Å². The first kappa shape index (κ1) is 14.2. The van der Waals surface area contributed by atoms with E-state index >= 15 is 0 Å². The monoisotopic (exact) mass is 284 g/mol. The Bertz CT molecular complexity index is 635. The molecule has 110 valence electrons. The van der Waals surface area contributed by atoms with Gasteiger partial charge in [-0.05, 0) is 54.0 Å². The predicted octanol–water partition coefficient (Wildman–Crippen LogP) is 3.95. The second-order valence-electron chi connectivity index (χ2n) is 5.91. The summed E-state index contributed by atoms with van der Waals surface area (Å²) in [5.41, 5.74) is 7.01. The Morgan fingerprint density at radius 3 is 2.52 bits per heavy atom.